The van der Waals surface area contributed by atoms with Crippen molar-refractivity contribution in [3.63, 3.8) is 0 Å². The van der Waals surface area contributed by atoms with Gasteiger partial charge in [-0.1, -0.05) is 78.9 Å². The fourth-order valence-electron chi connectivity index (χ4n) is 2.64. The summed E-state index contributed by atoms with van der Waals surface area (Å²) in [6, 6.07) is 32.5. The van der Waals surface area contributed by atoms with Crippen molar-refractivity contribution in [1.82, 2.24) is 0 Å². The molecule has 0 bridgehead atoms. The molecule has 1 aliphatic rings. The van der Waals surface area contributed by atoms with Crippen LogP contribution < -0.4 is 15.9 Å². The third-order valence-corrected chi connectivity index (χ3v) is 6.47. The number of hydrogen-bond acceptors (Lipinski definition) is 1. The minimum atomic E-state index is -0.877. The Morgan fingerprint density at radius 1 is 0.633 bits per heavy atom. The van der Waals surface area contributed by atoms with Crippen LogP contribution in [0.4, 0.5) is 0 Å². The summed E-state index contributed by atoms with van der Waals surface area (Å²) in [5, 5.41) is 4.31. The molecule has 4 rings (SSSR count). The summed E-state index contributed by atoms with van der Waals surface area (Å²) in [5.74, 6) is 0. The minimum Gasteiger partial charge on any atom is -0.0767 e. The van der Waals surface area contributed by atoms with Crippen LogP contribution in [0.1, 0.15) is 6.92 Å². The van der Waals surface area contributed by atoms with Gasteiger partial charge in [-0.3, -0.25) is 6.29 Å². The van der Waals surface area contributed by atoms with Crippen LogP contribution in [-0.4, -0.2) is 6.29 Å². The second-order valence-electron chi connectivity index (χ2n) is 5.64. The normalized spacial score (nSPS) is 10.1. The Labute approximate surface area is 191 Å². The van der Waals surface area contributed by atoms with Gasteiger partial charge in [-0.05, 0) is 36.4 Å². The van der Waals surface area contributed by atoms with Gasteiger partial charge in [-0.15, -0.1) is 0 Å². The van der Waals surface area contributed by atoms with Gasteiger partial charge in [0.1, 0.15) is 15.9 Å². The molecule has 0 saturated carbocycles. The molecule has 3 aromatic rings. The summed E-state index contributed by atoms with van der Waals surface area (Å²) in [6.07, 6.45) is 11.5. The fourth-order valence-corrected chi connectivity index (χ4v) is 5.21. The van der Waals surface area contributed by atoms with E-state index in [1.54, 1.807) is 0 Å². The average molecular weight is 455 g/mol. The second kappa shape index (κ2) is 18.5. The number of benzene rings is 3. The number of carbonyl (C=O) groups excluding carboxylic acids is 1. The molecule has 1 aliphatic carbocycles. The van der Waals surface area contributed by atoms with Crippen LogP contribution in [-0.2, 0) is 26.5 Å². The van der Waals surface area contributed by atoms with Crippen LogP contribution in [0.2, 0.25) is 0 Å². The largest absolute Gasteiger partial charge is 0.102 e. The Bertz CT molecular complexity index is 772. The van der Waals surface area contributed by atoms with E-state index in [9.17, 15) is 0 Å². The van der Waals surface area contributed by atoms with Gasteiger partial charge in [0.05, 0.1) is 7.92 Å². The molecule has 0 saturated heterocycles. The molecule has 0 atom stereocenters. The molecule has 0 aromatic heterocycles. The summed E-state index contributed by atoms with van der Waals surface area (Å²) >= 11 is 0. The Hall–Kier alpha value is -2.50. The molecule has 30 heavy (non-hydrogen) atoms. The summed E-state index contributed by atoms with van der Waals surface area (Å²) in [4.78, 5) is 8.68. The third-order valence-electron chi connectivity index (χ3n) is 3.74. The molecule has 0 fully saturated rings. The van der Waals surface area contributed by atoms with Gasteiger partial charge >= 0.3 is 11.3 Å². The molecule has 3 aromatic carbocycles. The van der Waals surface area contributed by atoms with Crippen molar-refractivity contribution in [3.05, 3.63) is 128 Å². The third kappa shape index (κ3) is 10.3. The van der Waals surface area contributed by atoms with Crippen molar-refractivity contribution in [3.8, 4) is 0 Å². The standard InChI is InChI=1S/C18H15P.C5H5.C2H3O.CO.Fe/c1-4-10-16(11-5-1)19(17-12-6-2-7-13-17)18-14-8-3-9-15-18;1-2-4-5-3-1;1-2-3;1-2;/h1-15H;1-5H;1H3;;/q;;-1;;/p+1. The molecule has 1 radical (unpaired) electrons. The van der Waals surface area contributed by atoms with E-state index < -0.39 is 7.92 Å². The molecule has 0 amide bonds. The van der Waals surface area contributed by atoms with Crippen molar-refractivity contribution in [2.24, 2.45) is 0 Å². The fraction of sp³-hybridized carbons (Fsp3) is 0.0385. The molecule has 153 valence electrons. The van der Waals surface area contributed by atoms with Crippen molar-refractivity contribution in [2.45, 2.75) is 6.92 Å². The van der Waals surface area contributed by atoms with Gasteiger partial charge in [0, 0.05) is 23.5 Å². The van der Waals surface area contributed by atoms with Crippen LogP contribution >= 0.6 is 7.92 Å². The van der Waals surface area contributed by atoms with Crippen LogP contribution in [0.15, 0.2) is 115 Å². The Morgan fingerprint density at radius 2 is 0.900 bits per heavy atom. The molecule has 0 unspecified atom stereocenters. The quantitative estimate of drug-likeness (QED) is 0.247. The summed E-state index contributed by atoms with van der Waals surface area (Å²) < 4.78 is 7.50. The van der Waals surface area contributed by atoms with E-state index in [1.807, 2.05) is 30.7 Å². The van der Waals surface area contributed by atoms with E-state index in [0.29, 0.717) is 0 Å². The average Bonchev–Trinajstić information content (AvgIpc) is 3.39. The summed E-state index contributed by atoms with van der Waals surface area (Å²) in [5.41, 5.74) is 0. The molecule has 0 heterocycles. The zero-order chi connectivity index (χ0) is 21.2. The van der Waals surface area contributed by atoms with E-state index in [-0.39, 0.29) is 17.1 Å². The predicted molar refractivity (Wildman–Crippen MR) is 124 cm³/mol. The first-order valence-electron chi connectivity index (χ1n) is 9.06. The Morgan fingerprint density at radius 3 is 1.10 bits per heavy atom. The number of hydrogen-bond donors (Lipinski definition) is 0. The summed E-state index contributed by atoms with van der Waals surface area (Å²) in [7, 11) is -0.877. The molecular formula is C26H24FeO2P. The van der Waals surface area contributed by atoms with Gasteiger partial charge in [-0.2, -0.15) is 6.92 Å². The zero-order valence-electron chi connectivity index (χ0n) is 16.7. The molecule has 2 nitrogen and oxygen atoms in total. The van der Waals surface area contributed by atoms with E-state index >= 15 is 0 Å². The first-order chi connectivity index (χ1) is 14.4. The Kier molecular flexibility index (Phi) is 17.0. The second-order valence-corrected chi connectivity index (χ2v) is 8.12. The monoisotopic (exact) mass is 455 g/mol. The predicted octanol–water partition coefficient (Wildman–Crippen LogP) is 4.57. The smallest absolute Gasteiger partial charge is 0.0767 e. The topological polar surface area (TPSA) is 37.0 Å². The van der Waals surface area contributed by atoms with E-state index in [0.717, 1.165) is 0 Å². The van der Waals surface area contributed by atoms with Crippen molar-refractivity contribution < 1.29 is 26.5 Å². The number of allylic oxidation sites excluding steroid dienone is 4. The van der Waals surface area contributed by atoms with Crippen molar-refractivity contribution in [2.75, 3.05) is 0 Å². The van der Waals surface area contributed by atoms with Crippen LogP contribution in [0.25, 0.3) is 0 Å². The zero-order valence-corrected chi connectivity index (χ0v) is 18.8. The van der Waals surface area contributed by atoms with Crippen LogP contribution in [0, 0.1) is 13.1 Å². The first-order valence-corrected chi connectivity index (χ1v) is 10.6. The van der Waals surface area contributed by atoms with Crippen molar-refractivity contribution >= 4 is 30.1 Å². The molecule has 4 heteroatoms. The van der Waals surface area contributed by atoms with Crippen LogP contribution in [0.3, 0.4) is 0 Å². The molecule has 0 N–H and O–H groups in total. The number of rotatable bonds is 3. The van der Waals surface area contributed by atoms with Crippen LogP contribution in [0.5, 0.6) is 0 Å². The van der Waals surface area contributed by atoms with Gasteiger partial charge in [0.15, 0.2) is 0 Å². The van der Waals surface area contributed by atoms with Gasteiger partial charge in [-0.25, -0.2) is 0 Å². The van der Waals surface area contributed by atoms with Gasteiger partial charge in [0.25, 0.3) is 0 Å². The van der Waals surface area contributed by atoms with Gasteiger partial charge in [0.2, 0.25) is 0 Å². The molecule has 0 aliphatic heterocycles. The SMILES string of the molecule is C[C-]=O.[C-]#[O+].[CH]1C=CC=C1.[Fe].c1ccc([PH+](c2ccccc2)c2ccccc2)cc1. The van der Waals surface area contributed by atoms with E-state index in [1.165, 1.54) is 29.1 Å². The summed E-state index contributed by atoms with van der Waals surface area (Å²) in [6.45, 7) is 5.82. The van der Waals surface area contributed by atoms with Crippen molar-refractivity contribution in [1.29, 1.82) is 0 Å². The van der Waals surface area contributed by atoms with Gasteiger partial charge < -0.3 is 4.79 Å². The Balaban J connectivity index is 0.000000643. The van der Waals surface area contributed by atoms with E-state index in [2.05, 4.69) is 97.6 Å². The molecule has 0 spiro atoms. The minimum absolute atomic E-state index is 0. The first kappa shape index (κ1) is 27.5. The maximum Gasteiger partial charge on any atom is 0.102 e. The van der Waals surface area contributed by atoms with E-state index in [4.69, 9.17) is 9.45 Å². The maximum atomic E-state index is 8.68. The molecular weight excluding hydrogens is 431 g/mol. The maximum absolute atomic E-state index is 8.68.